The van der Waals surface area contributed by atoms with Gasteiger partial charge in [-0.3, -0.25) is 4.79 Å². The second kappa shape index (κ2) is 3.92. The zero-order valence-electron chi connectivity index (χ0n) is 9.80. The largest absolute Gasteiger partial charge is 0.508 e. The van der Waals surface area contributed by atoms with Gasteiger partial charge in [0.1, 0.15) is 11.5 Å². The number of aliphatic hydroxyl groups excluding tert-OH is 1. The number of ether oxygens (including phenoxy) is 1. The lowest BCUT2D eigenvalue weighted by Gasteiger charge is -2.38. The first kappa shape index (κ1) is 11.7. The summed E-state index contributed by atoms with van der Waals surface area (Å²) >= 11 is 0. The summed E-state index contributed by atoms with van der Waals surface area (Å²) in [6.45, 7) is 3.41. The average molecular weight is 237 g/mol. The second-order valence-corrected chi connectivity index (χ2v) is 4.44. The van der Waals surface area contributed by atoms with E-state index in [4.69, 9.17) is 9.84 Å². The van der Waals surface area contributed by atoms with Crippen LogP contribution in [0.15, 0.2) is 18.2 Å². The molecule has 0 saturated heterocycles. The zero-order chi connectivity index (χ0) is 12.6. The monoisotopic (exact) mass is 237 g/mol. The van der Waals surface area contributed by atoms with Gasteiger partial charge in [0.2, 0.25) is 0 Å². The van der Waals surface area contributed by atoms with Crippen LogP contribution in [0, 0.1) is 0 Å². The molecule has 92 valence electrons. The Balaban J connectivity index is 2.50. The second-order valence-electron chi connectivity index (χ2n) is 4.44. The van der Waals surface area contributed by atoms with Gasteiger partial charge in [0.15, 0.2) is 5.60 Å². The highest BCUT2D eigenvalue weighted by Gasteiger charge is 2.40. The van der Waals surface area contributed by atoms with Crippen LogP contribution in [-0.2, 0) is 4.79 Å². The zero-order valence-corrected chi connectivity index (χ0v) is 9.80. The van der Waals surface area contributed by atoms with E-state index in [1.807, 2.05) is 0 Å². The highest BCUT2D eigenvalue weighted by molar-refractivity contribution is 6.02. The van der Waals surface area contributed by atoms with Gasteiger partial charge in [-0.1, -0.05) is 0 Å². The molecule has 1 aromatic rings. The third kappa shape index (κ3) is 1.93. The number of amides is 1. The molecule has 0 radical (unpaired) electrons. The summed E-state index contributed by atoms with van der Waals surface area (Å²) in [5, 5.41) is 18.4. The van der Waals surface area contributed by atoms with Crippen LogP contribution in [0.5, 0.6) is 11.5 Å². The molecule has 0 aliphatic carbocycles. The standard InChI is InChI=1S/C12H15NO4/c1-12(2)11(16)13(5-6-14)9-4-3-8(15)7-10(9)17-12/h3-4,7,14-15H,5-6H2,1-2H3. The number of carbonyl (C=O) groups is 1. The Bertz CT molecular complexity index is 456. The van der Waals surface area contributed by atoms with E-state index < -0.39 is 5.60 Å². The number of aromatic hydroxyl groups is 1. The number of aliphatic hydroxyl groups is 1. The van der Waals surface area contributed by atoms with Crippen LogP contribution in [0.25, 0.3) is 0 Å². The average Bonchev–Trinajstić information content (AvgIpc) is 2.24. The Hall–Kier alpha value is -1.75. The van der Waals surface area contributed by atoms with Crippen molar-refractivity contribution < 1.29 is 19.7 Å². The third-order valence-corrected chi connectivity index (χ3v) is 2.68. The van der Waals surface area contributed by atoms with Crippen molar-refractivity contribution in [1.29, 1.82) is 0 Å². The van der Waals surface area contributed by atoms with Crippen molar-refractivity contribution in [2.45, 2.75) is 19.4 Å². The molecule has 1 aliphatic heterocycles. The van der Waals surface area contributed by atoms with E-state index in [-0.39, 0.29) is 24.8 Å². The highest BCUT2D eigenvalue weighted by Crippen LogP contribution is 2.39. The lowest BCUT2D eigenvalue weighted by molar-refractivity contribution is -0.132. The molecule has 0 saturated carbocycles. The van der Waals surface area contributed by atoms with Crippen LogP contribution in [0.3, 0.4) is 0 Å². The predicted molar refractivity (Wildman–Crippen MR) is 62.3 cm³/mol. The maximum atomic E-state index is 12.1. The molecule has 5 heteroatoms. The van der Waals surface area contributed by atoms with Gasteiger partial charge in [0.05, 0.1) is 12.3 Å². The minimum absolute atomic E-state index is 0.0813. The summed E-state index contributed by atoms with van der Waals surface area (Å²) in [6.07, 6.45) is 0. The number of phenols is 1. The van der Waals surface area contributed by atoms with Crippen LogP contribution >= 0.6 is 0 Å². The van der Waals surface area contributed by atoms with Gasteiger partial charge in [0, 0.05) is 12.6 Å². The quantitative estimate of drug-likeness (QED) is 0.801. The van der Waals surface area contributed by atoms with Gasteiger partial charge in [-0.25, -0.2) is 0 Å². The fourth-order valence-electron chi connectivity index (χ4n) is 1.88. The summed E-state index contributed by atoms with van der Waals surface area (Å²) in [6, 6.07) is 4.56. The third-order valence-electron chi connectivity index (χ3n) is 2.68. The van der Waals surface area contributed by atoms with Crippen molar-refractivity contribution in [2.75, 3.05) is 18.1 Å². The van der Waals surface area contributed by atoms with Crippen LogP contribution in [0.1, 0.15) is 13.8 Å². The van der Waals surface area contributed by atoms with Gasteiger partial charge in [0.25, 0.3) is 5.91 Å². The topological polar surface area (TPSA) is 70.0 Å². The van der Waals surface area contributed by atoms with E-state index in [1.165, 1.54) is 17.0 Å². The first-order valence-corrected chi connectivity index (χ1v) is 5.40. The van der Waals surface area contributed by atoms with Crippen LogP contribution in [-0.4, -0.2) is 34.9 Å². The fourth-order valence-corrected chi connectivity index (χ4v) is 1.88. The van der Waals surface area contributed by atoms with E-state index in [0.29, 0.717) is 11.4 Å². The number of fused-ring (bicyclic) bond motifs is 1. The molecule has 0 atom stereocenters. The molecular weight excluding hydrogens is 222 g/mol. The lowest BCUT2D eigenvalue weighted by atomic mass is 10.0. The number of hydrogen-bond acceptors (Lipinski definition) is 4. The fraction of sp³-hybridized carbons (Fsp3) is 0.417. The maximum absolute atomic E-state index is 12.1. The molecule has 2 rings (SSSR count). The van der Waals surface area contributed by atoms with Crippen molar-refractivity contribution in [3.63, 3.8) is 0 Å². The van der Waals surface area contributed by atoms with Crippen molar-refractivity contribution >= 4 is 11.6 Å². The van der Waals surface area contributed by atoms with E-state index in [1.54, 1.807) is 19.9 Å². The number of benzene rings is 1. The minimum atomic E-state index is -0.990. The van der Waals surface area contributed by atoms with E-state index >= 15 is 0 Å². The summed E-state index contributed by atoms with van der Waals surface area (Å²) in [4.78, 5) is 13.6. The summed E-state index contributed by atoms with van der Waals surface area (Å²) < 4.78 is 5.56. The molecule has 1 heterocycles. The van der Waals surface area contributed by atoms with Gasteiger partial charge < -0.3 is 19.8 Å². The molecule has 1 aliphatic rings. The predicted octanol–water partition coefficient (Wildman–Crippen LogP) is 0.888. The van der Waals surface area contributed by atoms with Gasteiger partial charge in [-0.05, 0) is 26.0 Å². The molecule has 0 fully saturated rings. The molecule has 2 N–H and O–H groups in total. The SMILES string of the molecule is CC1(C)Oc2cc(O)ccc2N(CCO)C1=O. The molecule has 0 aromatic heterocycles. The minimum Gasteiger partial charge on any atom is -0.508 e. The molecule has 0 spiro atoms. The number of anilines is 1. The number of phenolic OH excluding ortho intramolecular Hbond substituents is 1. The van der Waals surface area contributed by atoms with Crippen molar-refractivity contribution in [3.05, 3.63) is 18.2 Å². The summed E-state index contributed by atoms with van der Waals surface area (Å²) in [5.74, 6) is 0.325. The highest BCUT2D eigenvalue weighted by atomic mass is 16.5. The summed E-state index contributed by atoms with van der Waals surface area (Å²) in [7, 11) is 0. The Kier molecular flexibility index (Phi) is 2.71. The Labute approximate surface area is 99.2 Å². The molecule has 1 amide bonds. The molecule has 1 aromatic carbocycles. The van der Waals surface area contributed by atoms with Crippen LogP contribution in [0.2, 0.25) is 0 Å². The van der Waals surface area contributed by atoms with Gasteiger partial charge >= 0.3 is 0 Å². The molecular formula is C12H15NO4. The molecule has 5 nitrogen and oxygen atoms in total. The summed E-state index contributed by atoms with van der Waals surface area (Å²) in [5.41, 5.74) is -0.420. The van der Waals surface area contributed by atoms with Crippen molar-refractivity contribution in [2.24, 2.45) is 0 Å². The lowest BCUT2D eigenvalue weighted by Crippen LogP contribution is -2.53. The normalized spacial score (nSPS) is 17.6. The van der Waals surface area contributed by atoms with Crippen molar-refractivity contribution in [3.8, 4) is 11.5 Å². The number of rotatable bonds is 2. The van der Waals surface area contributed by atoms with E-state index in [2.05, 4.69) is 0 Å². The number of β-amino-alcohol motifs (C(OH)–C–C–N with tert-alkyl or cyclic N) is 1. The van der Waals surface area contributed by atoms with E-state index in [0.717, 1.165) is 0 Å². The number of carbonyl (C=O) groups excluding carboxylic acids is 1. The van der Waals surface area contributed by atoms with Gasteiger partial charge in [-0.15, -0.1) is 0 Å². The molecule has 17 heavy (non-hydrogen) atoms. The Morgan fingerprint density at radius 1 is 1.41 bits per heavy atom. The first-order chi connectivity index (χ1) is 7.95. The van der Waals surface area contributed by atoms with Crippen molar-refractivity contribution in [1.82, 2.24) is 0 Å². The number of nitrogens with zero attached hydrogens (tertiary/aromatic N) is 1. The molecule has 0 bridgehead atoms. The van der Waals surface area contributed by atoms with Crippen LogP contribution < -0.4 is 9.64 Å². The van der Waals surface area contributed by atoms with Gasteiger partial charge in [-0.2, -0.15) is 0 Å². The van der Waals surface area contributed by atoms with E-state index in [9.17, 15) is 9.90 Å². The smallest absolute Gasteiger partial charge is 0.270 e. The molecule has 0 unspecified atom stereocenters. The maximum Gasteiger partial charge on any atom is 0.270 e. The Morgan fingerprint density at radius 3 is 2.76 bits per heavy atom. The number of hydrogen-bond donors (Lipinski definition) is 2. The Morgan fingerprint density at radius 2 is 2.12 bits per heavy atom. The first-order valence-electron chi connectivity index (χ1n) is 5.40. The van der Waals surface area contributed by atoms with Crippen LogP contribution in [0.4, 0.5) is 5.69 Å².